The lowest BCUT2D eigenvalue weighted by atomic mass is 10.0. The van der Waals surface area contributed by atoms with Gasteiger partial charge in [-0.3, -0.25) is 4.68 Å². The molecule has 102 valence electrons. The van der Waals surface area contributed by atoms with E-state index in [1.165, 1.54) is 6.07 Å². The van der Waals surface area contributed by atoms with Crippen molar-refractivity contribution in [3.8, 4) is 0 Å². The molecule has 0 radical (unpaired) electrons. The Bertz CT molecular complexity index is 530. The van der Waals surface area contributed by atoms with E-state index in [4.69, 9.17) is 0 Å². The molecule has 5 heteroatoms. The van der Waals surface area contributed by atoms with E-state index >= 15 is 0 Å². The summed E-state index contributed by atoms with van der Waals surface area (Å²) in [5.74, 6) is 0.705. The predicted octanol–water partition coefficient (Wildman–Crippen LogP) is 2.25. The maximum atomic E-state index is 13.5. The third-order valence-electron chi connectivity index (χ3n) is 3.20. The third-order valence-corrected chi connectivity index (χ3v) is 3.20. The standard InChI is InChI=1S/C14H19FN4/c1-4-19-14(17-9-18-19)8-13(16-3)11-5-10(2)6-12(15)7-11/h5-7,9,13,16H,4,8H2,1-3H3. The van der Waals surface area contributed by atoms with E-state index in [0.717, 1.165) is 23.5 Å². The first-order valence-corrected chi connectivity index (χ1v) is 6.45. The number of aromatic nitrogens is 3. The van der Waals surface area contributed by atoms with Crippen LogP contribution in [0.1, 0.15) is 29.9 Å². The van der Waals surface area contributed by atoms with Gasteiger partial charge in [-0.05, 0) is 44.2 Å². The zero-order valence-corrected chi connectivity index (χ0v) is 11.5. The molecule has 0 amide bonds. The van der Waals surface area contributed by atoms with Crippen LogP contribution in [0.25, 0.3) is 0 Å². The fourth-order valence-electron chi connectivity index (χ4n) is 2.25. The van der Waals surface area contributed by atoms with Crippen LogP contribution in [0, 0.1) is 12.7 Å². The maximum Gasteiger partial charge on any atom is 0.138 e. The topological polar surface area (TPSA) is 42.7 Å². The summed E-state index contributed by atoms with van der Waals surface area (Å²) in [5.41, 5.74) is 1.86. The molecule has 1 N–H and O–H groups in total. The minimum absolute atomic E-state index is 0.0314. The summed E-state index contributed by atoms with van der Waals surface area (Å²) in [6.45, 7) is 4.71. The average molecular weight is 262 g/mol. The highest BCUT2D eigenvalue weighted by molar-refractivity contribution is 5.27. The smallest absolute Gasteiger partial charge is 0.138 e. The van der Waals surface area contributed by atoms with Crippen molar-refractivity contribution in [3.63, 3.8) is 0 Å². The zero-order chi connectivity index (χ0) is 13.8. The van der Waals surface area contributed by atoms with Crippen molar-refractivity contribution in [2.75, 3.05) is 7.05 Å². The summed E-state index contributed by atoms with van der Waals surface area (Å²) in [4.78, 5) is 4.26. The number of benzene rings is 1. The van der Waals surface area contributed by atoms with Crippen LogP contribution < -0.4 is 5.32 Å². The summed E-state index contributed by atoms with van der Waals surface area (Å²) >= 11 is 0. The molecule has 19 heavy (non-hydrogen) atoms. The van der Waals surface area contributed by atoms with Crippen LogP contribution in [0.5, 0.6) is 0 Å². The molecule has 2 rings (SSSR count). The van der Waals surface area contributed by atoms with E-state index in [1.807, 2.05) is 31.6 Å². The minimum Gasteiger partial charge on any atom is -0.313 e. The molecule has 2 aromatic rings. The number of nitrogens with one attached hydrogen (secondary N) is 1. The van der Waals surface area contributed by atoms with Gasteiger partial charge in [-0.2, -0.15) is 5.10 Å². The molecule has 0 aliphatic heterocycles. The van der Waals surface area contributed by atoms with E-state index in [2.05, 4.69) is 15.4 Å². The van der Waals surface area contributed by atoms with Gasteiger partial charge >= 0.3 is 0 Å². The molecule has 0 bridgehead atoms. The second-order valence-corrected chi connectivity index (χ2v) is 4.60. The maximum absolute atomic E-state index is 13.5. The SMILES string of the molecule is CCn1ncnc1CC(NC)c1cc(C)cc(F)c1. The molecule has 0 aliphatic carbocycles. The van der Waals surface area contributed by atoms with Crippen LogP contribution in [0.15, 0.2) is 24.5 Å². The Balaban J connectivity index is 2.25. The summed E-state index contributed by atoms with van der Waals surface area (Å²) < 4.78 is 15.3. The number of aryl methyl sites for hydroxylation is 2. The van der Waals surface area contributed by atoms with Crippen LogP contribution in [-0.2, 0) is 13.0 Å². The Morgan fingerprint density at radius 3 is 2.79 bits per heavy atom. The van der Waals surface area contributed by atoms with E-state index in [1.54, 1.807) is 12.4 Å². The lowest BCUT2D eigenvalue weighted by Gasteiger charge is -2.17. The Morgan fingerprint density at radius 1 is 1.37 bits per heavy atom. The summed E-state index contributed by atoms with van der Waals surface area (Å²) in [5, 5.41) is 7.37. The fourth-order valence-corrected chi connectivity index (χ4v) is 2.25. The van der Waals surface area contributed by atoms with Crippen LogP contribution in [0.2, 0.25) is 0 Å². The van der Waals surface area contributed by atoms with Crippen LogP contribution in [-0.4, -0.2) is 21.8 Å². The molecule has 0 fully saturated rings. The lowest BCUT2D eigenvalue weighted by molar-refractivity contribution is 0.529. The van der Waals surface area contributed by atoms with Gasteiger partial charge in [0, 0.05) is 19.0 Å². The highest BCUT2D eigenvalue weighted by atomic mass is 19.1. The van der Waals surface area contributed by atoms with Gasteiger partial charge in [0.15, 0.2) is 0 Å². The van der Waals surface area contributed by atoms with E-state index in [-0.39, 0.29) is 11.9 Å². The summed E-state index contributed by atoms with van der Waals surface area (Å²) in [6, 6.07) is 5.13. The van der Waals surface area contributed by atoms with Crippen LogP contribution in [0.4, 0.5) is 4.39 Å². The van der Waals surface area contributed by atoms with Gasteiger partial charge in [0.25, 0.3) is 0 Å². The monoisotopic (exact) mass is 262 g/mol. The molecule has 1 heterocycles. The Kier molecular flexibility index (Phi) is 4.27. The van der Waals surface area contributed by atoms with Gasteiger partial charge in [0.2, 0.25) is 0 Å². The lowest BCUT2D eigenvalue weighted by Crippen LogP contribution is -2.21. The fraction of sp³-hybridized carbons (Fsp3) is 0.429. The first-order chi connectivity index (χ1) is 9.13. The highest BCUT2D eigenvalue weighted by Crippen LogP contribution is 2.19. The average Bonchev–Trinajstić information content (AvgIpc) is 2.81. The van der Waals surface area contributed by atoms with Gasteiger partial charge in [-0.25, -0.2) is 9.37 Å². The van der Waals surface area contributed by atoms with Gasteiger partial charge in [0.05, 0.1) is 0 Å². The normalized spacial score (nSPS) is 12.6. The third kappa shape index (κ3) is 3.17. The van der Waals surface area contributed by atoms with Crippen molar-refractivity contribution >= 4 is 0 Å². The van der Waals surface area contributed by atoms with Crippen molar-refractivity contribution in [3.05, 3.63) is 47.3 Å². The van der Waals surface area contributed by atoms with Crippen molar-refractivity contribution in [1.82, 2.24) is 20.1 Å². The Labute approximate surface area is 112 Å². The van der Waals surface area contributed by atoms with Crippen molar-refractivity contribution < 1.29 is 4.39 Å². The number of nitrogens with zero attached hydrogens (tertiary/aromatic N) is 3. The van der Waals surface area contributed by atoms with Crippen molar-refractivity contribution in [2.24, 2.45) is 0 Å². The molecule has 0 aliphatic rings. The molecule has 1 atom stereocenters. The molecule has 1 aromatic carbocycles. The Hall–Kier alpha value is -1.75. The highest BCUT2D eigenvalue weighted by Gasteiger charge is 2.15. The van der Waals surface area contributed by atoms with Crippen LogP contribution >= 0.6 is 0 Å². The molecule has 0 saturated carbocycles. The molecular weight excluding hydrogens is 243 g/mol. The first kappa shape index (κ1) is 13.7. The number of hydrogen-bond acceptors (Lipinski definition) is 3. The quantitative estimate of drug-likeness (QED) is 0.898. The van der Waals surface area contributed by atoms with Gasteiger partial charge in [-0.15, -0.1) is 0 Å². The molecule has 4 nitrogen and oxygen atoms in total. The molecule has 0 spiro atoms. The van der Waals surface area contributed by atoms with Gasteiger partial charge < -0.3 is 5.32 Å². The second kappa shape index (κ2) is 5.93. The van der Waals surface area contributed by atoms with E-state index in [9.17, 15) is 4.39 Å². The Morgan fingerprint density at radius 2 is 2.16 bits per heavy atom. The summed E-state index contributed by atoms with van der Waals surface area (Å²) in [6.07, 6.45) is 2.25. The number of hydrogen-bond donors (Lipinski definition) is 1. The molecule has 1 unspecified atom stereocenters. The van der Waals surface area contributed by atoms with E-state index < -0.39 is 0 Å². The summed E-state index contributed by atoms with van der Waals surface area (Å²) in [7, 11) is 1.87. The zero-order valence-electron chi connectivity index (χ0n) is 11.5. The van der Waals surface area contributed by atoms with Gasteiger partial charge in [-0.1, -0.05) is 6.07 Å². The first-order valence-electron chi connectivity index (χ1n) is 6.45. The van der Waals surface area contributed by atoms with Crippen molar-refractivity contribution in [2.45, 2.75) is 32.9 Å². The largest absolute Gasteiger partial charge is 0.313 e. The van der Waals surface area contributed by atoms with Crippen LogP contribution in [0.3, 0.4) is 0 Å². The number of halogens is 1. The molecule has 0 saturated heterocycles. The number of rotatable bonds is 5. The molecule has 1 aromatic heterocycles. The van der Waals surface area contributed by atoms with Crippen molar-refractivity contribution in [1.29, 1.82) is 0 Å². The second-order valence-electron chi connectivity index (χ2n) is 4.60. The predicted molar refractivity (Wildman–Crippen MR) is 72.3 cm³/mol. The van der Waals surface area contributed by atoms with E-state index in [0.29, 0.717) is 6.42 Å². The number of likely N-dealkylation sites (N-methyl/N-ethyl adjacent to an activating group) is 1. The molecular formula is C14H19FN4. The van der Waals surface area contributed by atoms with Gasteiger partial charge in [0.1, 0.15) is 18.0 Å². The minimum atomic E-state index is -0.202.